The van der Waals surface area contributed by atoms with Crippen molar-refractivity contribution < 1.29 is 0 Å². The summed E-state index contributed by atoms with van der Waals surface area (Å²) in [5, 5.41) is 0. The molecule has 0 bridgehead atoms. The number of aryl methyl sites for hydroxylation is 1. The minimum absolute atomic E-state index is 0.636. The van der Waals surface area contributed by atoms with Crippen LogP contribution in [0.25, 0.3) is 5.82 Å². The van der Waals surface area contributed by atoms with Crippen LogP contribution in [0, 0.1) is 13.8 Å². The van der Waals surface area contributed by atoms with Gasteiger partial charge in [0.25, 0.3) is 0 Å². The molecule has 0 radical (unpaired) electrons. The molecule has 0 spiro atoms. The van der Waals surface area contributed by atoms with Crippen LogP contribution < -0.4 is 0 Å². The lowest BCUT2D eigenvalue weighted by molar-refractivity contribution is 0.0539. The number of aromatic nitrogens is 2. The lowest BCUT2D eigenvalue weighted by atomic mass is 10.1. The number of pyridine rings is 1. The average Bonchev–Trinajstić information content (AvgIpc) is 3.13. The van der Waals surface area contributed by atoms with E-state index < -0.39 is 0 Å². The third-order valence-electron chi connectivity index (χ3n) is 5.85. The SMILES string of the molecule is Cc1cc(CN2CC3CCCN3C[C@H]2C)c(C)n1-c1ccccn1. The zero-order valence-corrected chi connectivity index (χ0v) is 15.1. The van der Waals surface area contributed by atoms with Gasteiger partial charge in [-0.15, -0.1) is 0 Å². The van der Waals surface area contributed by atoms with Gasteiger partial charge in [-0.25, -0.2) is 4.98 Å². The van der Waals surface area contributed by atoms with E-state index in [1.165, 1.54) is 49.4 Å². The van der Waals surface area contributed by atoms with Gasteiger partial charge in [0.2, 0.25) is 0 Å². The average molecular weight is 324 g/mol. The highest BCUT2D eigenvalue weighted by molar-refractivity contribution is 5.36. The van der Waals surface area contributed by atoms with E-state index >= 15 is 0 Å². The third kappa shape index (κ3) is 2.78. The van der Waals surface area contributed by atoms with Crippen LogP contribution in [0.2, 0.25) is 0 Å². The lowest BCUT2D eigenvalue weighted by Gasteiger charge is -2.42. The summed E-state index contributed by atoms with van der Waals surface area (Å²) >= 11 is 0. The molecule has 4 nitrogen and oxygen atoms in total. The zero-order chi connectivity index (χ0) is 16.7. The molecule has 2 aliphatic rings. The van der Waals surface area contributed by atoms with Crippen LogP contribution in [0.3, 0.4) is 0 Å². The van der Waals surface area contributed by atoms with Gasteiger partial charge in [-0.3, -0.25) is 9.80 Å². The van der Waals surface area contributed by atoms with Crippen molar-refractivity contribution in [3.8, 4) is 5.82 Å². The first-order valence-electron chi connectivity index (χ1n) is 9.21. The highest BCUT2D eigenvalue weighted by atomic mass is 15.3. The molecule has 0 aliphatic carbocycles. The first kappa shape index (κ1) is 15.9. The molecule has 4 heteroatoms. The quantitative estimate of drug-likeness (QED) is 0.867. The van der Waals surface area contributed by atoms with Gasteiger partial charge in [0.05, 0.1) is 0 Å². The standard InChI is InChI=1S/C20H28N4/c1-15-11-18(17(3)24(15)20-8-4-5-9-21-20)13-23-14-19-7-6-10-22(19)12-16(23)2/h4-5,8-9,11,16,19H,6-7,10,12-14H2,1-3H3/t16-,19?/m1/s1. The summed E-state index contributed by atoms with van der Waals surface area (Å²) in [6.07, 6.45) is 4.62. The van der Waals surface area contributed by atoms with Crippen LogP contribution >= 0.6 is 0 Å². The van der Waals surface area contributed by atoms with E-state index in [2.05, 4.69) is 58.3 Å². The van der Waals surface area contributed by atoms with Crippen molar-refractivity contribution in [3.05, 3.63) is 47.4 Å². The Hall–Kier alpha value is -1.65. The van der Waals surface area contributed by atoms with Gasteiger partial charge < -0.3 is 4.57 Å². The zero-order valence-electron chi connectivity index (χ0n) is 15.1. The van der Waals surface area contributed by atoms with Gasteiger partial charge in [-0.2, -0.15) is 0 Å². The van der Waals surface area contributed by atoms with Crippen LogP contribution in [0.4, 0.5) is 0 Å². The molecule has 2 aromatic heterocycles. The Morgan fingerprint density at radius 1 is 1.21 bits per heavy atom. The van der Waals surface area contributed by atoms with Gasteiger partial charge in [0.15, 0.2) is 0 Å². The van der Waals surface area contributed by atoms with Crippen molar-refractivity contribution in [1.82, 2.24) is 19.4 Å². The predicted octanol–water partition coefficient (Wildman–Crippen LogP) is 3.16. The fraction of sp³-hybridized carbons (Fsp3) is 0.550. The summed E-state index contributed by atoms with van der Waals surface area (Å²) in [6.45, 7) is 11.6. The Kier molecular flexibility index (Phi) is 4.19. The van der Waals surface area contributed by atoms with Crippen molar-refractivity contribution in [2.45, 2.75) is 52.2 Å². The monoisotopic (exact) mass is 324 g/mol. The van der Waals surface area contributed by atoms with E-state index in [9.17, 15) is 0 Å². The first-order chi connectivity index (χ1) is 11.6. The molecular formula is C20H28N4. The number of hydrogen-bond donors (Lipinski definition) is 0. The van der Waals surface area contributed by atoms with Gasteiger partial charge >= 0.3 is 0 Å². The second-order valence-corrected chi connectivity index (χ2v) is 7.49. The molecule has 1 unspecified atom stereocenters. The Balaban J connectivity index is 1.57. The Morgan fingerprint density at radius 3 is 2.88 bits per heavy atom. The molecule has 4 heterocycles. The maximum absolute atomic E-state index is 4.53. The summed E-state index contributed by atoms with van der Waals surface area (Å²) in [6, 6.07) is 9.88. The summed E-state index contributed by atoms with van der Waals surface area (Å²) < 4.78 is 2.28. The smallest absolute Gasteiger partial charge is 0.136 e. The molecular weight excluding hydrogens is 296 g/mol. The first-order valence-corrected chi connectivity index (χ1v) is 9.21. The lowest BCUT2D eigenvalue weighted by Crippen LogP contribution is -2.54. The molecule has 0 N–H and O–H groups in total. The highest BCUT2D eigenvalue weighted by Gasteiger charge is 2.34. The molecule has 0 saturated carbocycles. The number of hydrogen-bond acceptors (Lipinski definition) is 3. The van der Waals surface area contributed by atoms with Crippen molar-refractivity contribution in [2.24, 2.45) is 0 Å². The van der Waals surface area contributed by atoms with E-state index in [1.54, 1.807) is 0 Å². The van der Waals surface area contributed by atoms with Crippen LogP contribution in [0.1, 0.15) is 36.7 Å². The van der Waals surface area contributed by atoms with Crippen LogP contribution in [0.15, 0.2) is 30.5 Å². The molecule has 24 heavy (non-hydrogen) atoms. The summed E-state index contributed by atoms with van der Waals surface area (Å²) in [7, 11) is 0. The van der Waals surface area contributed by atoms with Crippen LogP contribution in [-0.4, -0.2) is 51.1 Å². The molecule has 2 saturated heterocycles. The van der Waals surface area contributed by atoms with Crippen molar-refractivity contribution >= 4 is 0 Å². The molecule has 2 aromatic rings. The minimum Gasteiger partial charge on any atom is -0.303 e. The predicted molar refractivity (Wildman–Crippen MR) is 97.5 cm³/mol. The fourth-order valence-corrected chi connectivity index (χ4v) is 4.51. The van der Waals surface area contributed by atoms with E-state index in [-0.39, 0.29) is 0 Å². The molecule has 128 valence electrons. The van der Waals surface area contributed by atoms with Gasteiger partial charge in [-0.05, 0) is 63.9 Å². The highest BCUT2D eigenvalue weighted by Crippen LogP contribution is 2.27. The van der Waals surface area contributed by atoms with Gasteiger partial charge in [0, 0.05) is 49.3 Å². The number of nitrogens with zero attached hydrogens (tertiary/aromatic N) is 4. The summed E-state index contributed by atoms with van der Waals surface area (Å²) in [5.41, 5.74) is 4.04. The second kappa shape index (κ2) is 6.34. The summed E-state index contributed by atoms with van der Waals surface area (Å²) in [5.74, 6) is 1.02. The molecule has 0 aromatic carbocycles. The van der Waals surface area contributed by atoms with Crippen LogP contribution in [-0.2, 0) is 6.54 Å². The normalized spacial score (nSPS) is 25.1. The molecule has 0 amide bonds. The third-order valence-corrected chi connectivity index (χ3v) is 5.85. The fourth-order valence-electron chi connectivity index (χ4n) is 4.51. The second-order valence-electron chi connectivity index (χ2n) is 7.49. The van der Waals surface area contributed by atoms with E-state index in [0.29, 0.717) is 6.04 Å². The minimum atomic E-state index is 0.636. The number of rotatable bonds is 3. The topological polar surface area (TPSA) is 24.3 Å². The van der Waals surface area contributed by atoms with E-state index in [0.717, 1.165) is 18.4 Å². The largest absolute Gasteiger partial charge is 0.303 e. The maximum Gasteiger partial charge on any atom is 0.136 e. The molecule has 2 fully saturated rings. The number of fused-ring (bicyclic) bond motifs is 1. The van der Waals surface area contributed by atoms with Crippen LogP contribution in [0.5, 0.6) is 0 Å². The Bertz CT molecular complexity index is 706. The van der Waals surface area contributed by atoms with Crippen molar-refractivity contribution in [2.75, 3.05) is 19.6 Å². The maximum atomic E-state index is 4.53. The number of piperazine rings is 1. The molecule has 2 aliphatic heterocycles. The molecule has 2 atom stereocenters. The van der Waals surface area contributed by atoms with E-state index in [1.807, 2.05) is 12.3 Å². The van der Waals surface area contributed by atoms with E-state index in [4.69, 9.17) is 0 Å². The van der Waals surface area contributed by atoms with Crippen molar-refractivity contribution in [3.63, 3.8) is 0 Å². The Labute approximate surface area is 145 Å². The van der Waals surface area contributed by atoms with Gasteiger partial charge in [-0.1, -0.05) is 6.07 Å². The van der Waals surface area contributed by atoms with Gasteiger partial charge in [0.1, 0.15) is 5.82 Å². The van der Waals surface area contributed by atoms with Crippen molar-refractivity contribution in [1.29, 1.82) is 0 Å². The summed E-state index contributed by atoms with van der Waals surface area (Å²) in [4.78, 5) is 9.90. The Morgan fingerprint density at radius 2 is 2.08 bits per heavy atom. The molecule has 4 rings (SSSR count).